The molecule has 4 heteroatoms. The van der Waals surface area contributed by atoms with Crippen LogP contribution in [0.1, 0.15) is 24.1 Å². The number of hydrogen-bond acceptors (Lipinski definition) is 3. The van der Waals surface area contributed by atoms with E-state index in [0.29, 0.717) is 6.54 Å². The fourth-order valence-corrected chi connectivity index (χ4v) is 3.80. The number of pyridine rings is 1. The average Bonchev–Trinajstić information content (AvgIpc) is 2.82. The van der Waals surface area contributed by atoms with Crippen LogP contribution in [0, 0.1) is 5.92 Å². The van der Waals surface area contributed by atoms with Gasteiger partial charge in [-0.1, -0.05) is 6.07 Å². The van der Waals surface area contributed by atoms with Gasteiger partial charge in [-0.2, -0.15) is 11.8 Å². The molecule has 3 nitrogen and oxygen atoms in total. The number of thioether (sulfide) groups is 1. The van der Waals surface area contributed by atoms with Crippen LogP contribution in [0.5, 0.6) is 0 Å². The lowest BCUT2D eigenvalue weighted by Gasteiger charge is -2.19. The lowest BCUT2D eigenvalue weighted by atomic mass is 10.00. The van der Waals surface area contributed by atoms with Crippen molar-refractivity contribution in [3.63, 3.8) is 0 Å². The lowest BCUT2D eigenvalue weighted by molar-refractivity contribution is 0.516. The van der Waals surface area contributed by atoms with E-state index in [2.05, 4.69) is 34.6 Å². The standard InChI is InChI=1S/C14H19N3S/c15-8-12-4-1-5-17-9-13(16-14(12)17)7-11-3-2-6-18-10-11/h1,4-5,9,11H,2-3,6-8,10,15H2. The third-order valence-corrected chi connectivity index (χ3v) is 4.87. The summed E-state index contributed by atoms with van der Waals surface area (Å²) in [7, 11) is 0. The second-order valence-corrected chi connectivity index (χ2v) is 6.14. The summed E-state index contributed by atoms with van der Waals surface area (Å²) in [5.74, 6) is 3.42. The van der Waals surface area contributed by atoms with Crippen LogP contribution >= 0.6 is 11.8 Å². The van der Waals surface area contributed by atoms with Crippen molar-refractivity contribution in [1.29, 1.82) is 0 Å². The highest BCUT2D eigenvalue weighted by Gasteiger charge is 2.16. The molecule has 2 aromatic rings. The number of imidazole rings is 1. The van der Waals surface area contributed by atoms with Gasteiger partial charge in [0.25, 0.3) is 0 Å². The van der Waals surface area contributed by atoms with Crippen molar-refractivity contribution in [2.75, 3.05) is 11.5 Å². The molecule has 1 saturated heterocycles. The number of nitrogens with zero attached hydrogens (tertiary/aromatic N) is 2. The molecule has 0 aliphatic carbocycles. The first kappa shape index (κ1) is 12.1. The van der Waals surface area contributed by atoms with Gasteiger partial charge in [0.2, 0.25) is 0 Å². The maximum Gasteiger partial charge on any atom is 0.141 e. The van der Waals surface area contributed by atoms with E-state index >= 15 is 0 Å². The van der Waals surface area contributed by atoms with E-state index in [1.165, 1.54) is 30.0 Å². The van der Waals surface area contributed by atoms with Crippen molar-refractivity contribution < 1.29 is 0 Å². The number of fused-ring (bicyclic) bond motifs is 1. The lowest BCUT2D eigenvalue weighted by Crippen LogP contribution is -2.13. The first-order valence-electron chi connectivity index (χ1n) is 6.60. The van der Waals surface area contributed by atoms with Crippen LogP contribution in [0.15, 0.2) is 24.5 Å². The summed E-state index contributed by atoms with van der Waals surface area (Å²) in [5.41, 5.74) is 9.12. The fraction of sp³-hybridized carbons (Fsp3) is 0.500. The highest BCUT2D eigenvalue weighted by atomic mass is 32.2. The van der Waals surface area contributed by atoms with Crippen molar-refractivity contribution in [3.8, 4) is 0 Å². The van der Waals surface area contributed by atoms with Crippen LogP contribution in [0.25, 0.3) is 5.65 Å². The normalized spacial score (nSPS) is 20.4. The summed E-state index contributed by atoms with van der Waals surface area (Å²) >= 11 is 2.08. The SMILES string of the molecule is NCc1cccn2cc(CC3CCCSC3)nc12. The molecule has 0 spiro atoms. The smallest absolute Gasteiger partial charge is 0.141 e. The van der Waals surface area contributed by atoms with E-state index in [9.17, 15) is 0 Å². The van der Waals surface area contributed by atoms with Crippen molar-refractivity contribution in [3.05, 3.63) is 35.8 Å². The molecule has 2 aromatic heterocycles. The first-order valence-corrected chi connectivity index (χ1v) is 7.75. The zero-order valence-electron chi connectivity index (χ0n) is 10.5. The number of aromatic nitrogens is 2. The van der Waals surface area contributed by atoms with E-state index in [1.54, 1.807) is 0 Å². The van der Waals surface area contributed by atoms with E-state index in [0.717, 1.165) is 23.5 Å². The zero-order chi connectivity index (χ0) is 12.4. The fourth-order valence-electron chi connectivity index (χ4n) is 2.64. The summed E-state index contributed by atoms with van der Waals surface area (Å²) in [6.07, 6.45) is 8.04. The number of hydrogen-bond donors (Lipinski definition) is 1. The van der Waals surface area contributed by atoms with Crippen LogP contribution in [0.3, 0.4) is 0 Å². The van der Waals surface area contributed by atoms with Crippen molar-refractivity contribution in [1.82, 2.24) is 9.38 Å². The minimum Gasteiger partial charge on any atom is -0.326 e. The van der Waals surface area contributed by atoms with Crippen LogP contribution < -0.4 is 5.73 Å². The molecule has 3 rings (SSSR count). The Morgan fingerprint density at radius 1 is 1.50 bits per heavy atom. The Bertz CT molecular complexity index is 529. The van der Waals surface area contributed by atoms with Gasteiger partial charge in [0.05, 0.1) is 5.69 Å². The molecule has 1 aliphatic rings. The van der Waals surface area contributed by atoms with Gasteiger partial charge >= 0.3 is 0 Å². The molecule has 96 valence electrons. The topological polar surface area (TPSA) is 43.3 Å². The molecule has 0 saturated carbocycles. The maximum atomic E-state index is 5.75. The molecular weight excluding hydrogens is 242 g/mol. The van der Waals surface area contributed by atoms with Gasteiger partial charge < -0.3 is 10.1 Å². The van der Waals surface area contributed by atoms with Crippen molar-refractivity contribution >= 4 is 17.4 Å². The third-order valence-electron chi connectivity index (χ3n) is 3.59. The van der Waals surface area contributed by atoms with E-state index in [1.807, 2.05) is 6.07 Å². The zero-order valence-corrected chi connectivity index (χ0v) is 11.3. The molecule has 18 heavy (non-hydrogen) atoms. The molecule has 1 aliphatic heterocycles. The second kappa shape index (κ2) is 5.33. The van der Waals surface area contributed by atoms with E-state index in [-0.39, 0.29) is 0 Å². The highest BCUT2D eigenvalue weighted by molar-refractivity contribution is 7.99. The highest BCUT2D eigenvalue weighted by Crippen LogP contribution is 2.25. The van der Waals surface area contributed by atoms with Crippen molar-refractivity contribution in [2.24, 2.45) is 11.7 Å². The maximum absolute atomic E-state index is 5.75. The summed E-state index contributed by atoms with van der Waals surface area (Å²) < 4.78 is 2.10. The Balaban J connectivity index is 1.84. The second-order valence-electron chi connectivity index (χ2n) is 4.99. The molecule has 2 N–H and O–H groups in total. The average molecular weight is 261 g/mol. The Morgan fingerprint density at radius 2 is 2.44 bits per heavy atom. The Labute approximate surface area is 112 Å². The predicted molar refractivity (Wildman–Crippen MR) is 76.8 cm³/mol. The summed E-state index contributed by atoms with van der Waals surface area (Å²) in [6, 6.07) is 4.10. The van der Waals surface area contributed by atoms with Crippen LogP contribution in [-0.2, 0) is 13.0 Å². The van der Waals surface area contributed by atoms with Gasteiger partial charge in [0.1, 0.15) is 5.65 Å². The molecule has 0 amide bonds. The molecule has 1 fully saturated rings. The van der Waals surface area contributed by atoms with Crippen LogP contribution in [-0.4, -0.2) is 20.9 Å². The van der Waals surface area contributed by atoms with E-state index < -0.39 is 0 Å². The van der Waals surface area contributed by atoms with Gasteiger partial charge in [-0.25, -0.2) is 4.98 Å². The molecule has 0 bridgehead atoms. The summed E-state index contributed by atoms with van der Waals surface area (Å²) in [6.45, 7) is 0.556. The van der Waals surface area contributed by atoms with Crippen LogP contribution in [0.4, 0.5) is 0 Å². The quantitative estimate of drug-likeness (QED) is 0.923. The molecule has 1 atom stereocenters. The van der Waals surface area contributed by atoms with Gasteiger partial charge in [0.15, 0.2) is 0 Å². The van der Waals surface area contributed by atoms with Gasteiger partial charge in [-0.3, -0.25) is 0 Å². The number of nitrogens with two attached hydrogens (primary N) is 1. The van der Waals surface area contributed by atoms with E-state index in [4.69, 9.17) is 10.7 Å². The Hall–Kier alpha value is -1.00. The molecular formula is C14H19N3S. The Morgan fingerprint density at radius 3 is 3.22 bits per heavy atom. The molecule has 3 heterocycles. The number of rotatable bonds is 3. The first-order chi connectivity index (χ1) is 8.86. The van der Waals surface area contributed by atoms with Crippen molar-refractivity contribution in [2.45, 2.75) is 25.8 Å². The minimum atomic E-state index is 0.556. The van der Waals surface area contributed by atoms with Crippen LogP contribution in [0.2, 0.25) is 0 Å². The molecule has 0 radical (unpaired) electrons. The summed E-state index contributed by atoms with van der Waals surface area (Å²) in [4.78, 5) is 4.75. The summed E-state index contributed by atoms with van der Waals surface area (Å²) in [5, 5.41) is 0. The minimum absolute atomic E-state index is 0.556. The molecule has 1 unspecified atom stereocenters. The Kier molecular flexibility index (Phi) is 3.57. The van der Waals surface area contributed by atoms with Gasteiger partial charge in [0, 0.05) is 24.5 Å². The molecule has 0 aromatic carbocycles. The van der Waals surface area contributed by atoms with Gasteiger partial charge in [-0.15, -0.1) is 0 Å². The largest absolute Gasteiger partial charge is 0.326 e. The predicted octanol–water partition coefficient (Wildman–Crippen LogP) is 2.48. The third kappa shape index (κ3) is 2.40. The van der Waals surface area contributed by atoms with Gasteiger partial charge in [-0.05, 0) is 42.8 Å². The monoisotopic (exact) mass is 261 g/mol.